The minimum absolute atomic E-state index is 0.0631. The number of anilines is 2. The van der Waals surface area contributed by atoms with Crippen molar-refractivity contribution in [1.82, 2.24) is 25.1 Å². The van der Waals surface area contributed by atoms with Crippen molar-refractivity contribution in [2.45, 2.75) is 57.0 Å². The lowest BCUT2D eigenvalue weighted by atomic mass is 9.71. The van der Waals surface area contributed by atoms with Crippen LogP contribution in [0.1, 0.15) is 44.3 Å². The number of piperidine rings is 1. The van der Waals surface area contributed by atoms with Crippen LogP contribution in [-0.4, -0.2) is 62.2 Å². The minimum atomic E-state index is -4.84. The molecule has 4 heterocycles. The molecule has 44 heavy (non-hydrogen) atoms. The zero-order chi connectivity index (χ0) is 31.2. The van der Waals surface area contributed by atoms with Crippen molar-refractivity contribution in [2.24, 2.45) is 5.41 Å². The number of halogens is 4. The van der Waals surface area contributed by atoms with Crippen molar-refractivity contribution in [3.05, 3.63) is 65.3 Å². The van der Waals surface area contributed by atoms with Gasteiger partial charge in [0.05, 0.1) is 17.4 Å². The van der Waals surface area contributed by atoms with E-state index in [1.807, 2.05) is 24.0 Å². The summed E-state index contributed by atoms with van der Waals surface area (Å²) in [7, 11) is 0. The smallest absolute Gasteiger partial charge is 0.429 e. The second kappa shape index (κ2) is 11.4. The second-order valence-electron chi connectivity index (χ2n) is 11.4. The highest BCUT2D eigenvalue weighted by molar-refractivity contribution is 6.30. The molecule has 232 valence electrons. The summed E-state index contributed by atoms with van der Waals surface area (Å²) in [5, 5.41) is 18.1. The van der Waals surface area contributed by atoms with Crippen LogP contribution in [0.15, 0.2) is 54.7 Å². The molecular weight excluding hydrogens is 599 g/mol. The van der Waals surface area contributed by atoms with Crippen molar-refractivity contribution in [1.29, 1.82) is 0 Å². The van der Waals surface area contributed by atoms with E-state index in [0.717, 1.165) is 11.8 Å². The quantitative estimate of drug-likeness (QED) is 0.241. The highest BCUT2D eigenvalue weighted by Gasteiger charge is 2.50. The Labute approximate surface area is 256 Å². The lowest BCUT2D eigenvalue weighted by Crippen LogP contribution is -2.46. The number of aliphatic carboxylic acids is 1. The van der Waals surface area contributed by atoms with Gasteiger partial charge in [0, 0.05) is 41.2 Å². The first-order chi connectivity index (χ1) is 21.0. The zero-order valence-electron chi connectivity index (χ0n) is 23.8. The van der Waals surface area contributed by atoms with Crippen LogP contribution in [0.25, 0.3) is 16.6 Å². The SMILES string of the molecule is CCC1NC(C(=O)O)CC12CCN(c1cc(O[C@H](c3ccc(Cl)cc3-n3ncc4ccccc43)C(F)(F)F)nc(N)n1)CC2. The van der Waals surface area contributed by atoms with E-state index in [-0.39, 0.29) is 39.6 Å². The van der Waals surface area contributed by atoms with Gasteiger partial charge in [-0.1, -0.05) is 42.8 Å². The second-order valence-corrected chi connectivity index (χ2v) is 11.8. The van der Waals surface area contributed by atoms with Crippen LogP contribution in [0.4, 0.5) is 24.9 Å². The number of ether oxygens (including phenoxy) is 1. The topological polar surface area (TPSA) is 131 Å². The molecule has 2 aliphatic heterocycles. The molecule has 2 saturated heterocycles. The molecule has 2 unspecified atom stereocenters. The standard InChI is InChI=1S/C30H31ClF3N7O3/c1-2-23-29(15-20(37-23)27(42)43)9-11-40(12-10-29)24-14-25(39-28(35)38-24)44-26(30(32,33)34)19-8-7-18(31)13-22(19)41-21-6-4-3-5-17(21)16-36-41/h3-8,13-14,16,20,23,26,37H,2,9-12,15H2,1H3,(H,42,43)(H2,35,38,39)/t20?,23?,26-/m1/s1. The lowest BCUT2D eigenvalue weighted by Gasteiger charge is -2.43. The van der Waals surface area contributed by atoms with Crippen molar-refractivity contribution in [3.63, 3.8) is 0 Å². The van der Waals surface area contributed by atoms with Crippen LogP contribution < -0.4 is 20.7 Å². The number of nitrogens with one attached hydrogen (secondary N) is 1. The molecule has 4 aromatic rings. The predicted molar refractivity (Wildman–Crippen MR) is 159 cm³/mol. The third-order valence-corrected chi connectivity index (χ3v) is 9.00. The van der Waals surface area contributed by atoms with Gasteiger partial charge >= 0.3 is 12.1 Å². The average Bonchev–Trinajstić information content (AvgIpc) is 3.57. The van der Waals surface area contributed by atoms with E-state index >= 15 is 0 Å². The zero-order valence-corrected chi connectivity index (χ0v) is 24.5. The Kier molecular flexibility index (Phi) is 7.78. The van der Waals surface area contributed by atoms with Gasteiger partial charge in [0.2, 0.25) is 17.9 Å². The van der Waals surface area contributed by atoms with Crippen molar-refractivity contribution in [2.75, 3.05) is 23.7 Å². The monoisotopic (exact) mass is 629 g/mol. The number of carboxylic acid groups (broad SMARTS) is 1. The van der Waals surface area contributed by atoms with Crippen LogP contribution in [0.5, 0.6) is 5.88 Å². The van der Waals surface area contributed by atoms with Crippen LogP contribution in [0.2, 0.25) is 5.02 Å². The van der Waals surface area contributed by atoms with E-state index in [9.17, 15) is 23.1 Å². The maximum Gasteiger partial charge on any atom is 0.429 e. The van der Waals surface area contributed by atoms with Crippen LogP contribution in [0, 0.1) is 5.41 Å². The van der Waals surface area contributed by atoms with Crippen molar-refractivity contribution in [3.8, 4) is 11.6 Å². The maximum absolute atomic E-state index is 14.7. The molecule has 0 bridgehead atoms. The Bertz CT molecular complexity index is 1690. The number of rotatable bonds is 7. The fraction of sp³-hybridized carbons (Fsp3) is 0.400. The van der Waals surface area contributed by atoms with E-state index in [1.165, 1.54) is 28.9 Å². The molecule has 0 saturated carbocycles. The van der Waals surface area contributed by atoms with Gasteiger partial charge in [0.15, 0.2) is 0 Å². The lowest BCUT2D eigenvalue weighted by molar-refractivity contribution is -0.198. The fourth-order valence-electron chi connectivity index (χ4n) is 6.64. The number of para-hydroxylation sites is 1. The molecular formula is C30H31ClF3N7O3. The maximum atomic E-state index is 14.7. The average molecular weight is 630 g/mol. The summed E-state index contributed by atoms with van der Waals surface area (Å²) in [6.45, 7) is 3.08. The molecule has 1 spiro atoms. The Morgan fingerprint density at radius 3 is 2.66 bits per heavy atom. The first-order valence-corrected chi connectivity index (χ1v) is 14.7. The molecule has 6 rings (SSSR count). The summed E-state index contributed by atoms with van der Waals surface area (Å²) in [5.41, 5.74) is 6.29. The number of carbonyl (C=O) groups is 1. The molecule has 0 aliphatic carbocycles. The third-order valence-electron chi connectivity index (χ3n) is 8.76. The van der Waals surface area contributed by atoms with Gasteiger partial charge in [0.1, 0.15) is 11.9 Å². The number of nitrogens with two attached hydrogens (primary N) is 1. The Morgan fingerprint density at radius 1 is 1.20 bits per heavy atom. The number of alkyl halides is 3. The third kappa shape index (κ3) is 5.61. The normalized spacial score (nSPS) is 20.7. The summed E-state index contributed by atoms with van der Waals surface area (Å²) < 4.78 is 51.1. The van der Waals surface area contributed by atoms with Gasteiger partial charge in [-0.2, -0.15) is 28.2 Å². The number of hydrogen-bond acceptors (Lipinski definition) is 8. The van der Waals surface area contributed by atoms with Crippen molar-refractivity contribution >= 4 is 40.2 Å². The first-order valence-electron chi connectivity index (χ1n) is 14.3. The molecule has 2 fully saturated rings. The Balaban J connectivity index is 1.29. The van der Waals surface area contributed by atoms with Crippen LogP contribution in [-0.2, 0) is 4.79 Å². The molecule has 10 nitrogen and oxygen atoms in total. The number of hydrogen-bond donors (Lipinski definition) is 3. The molecule has 4 N–H and O–H groups in total. The number of benzene rings is 2. The highest BCUT2D eigenvalue weighted by Crippen LogP contribution is 2.46. The molecule has 14 heteroatoms. The molecule has 2 aromatic heterocycles. The Hall–Kier alpha value is -4.10. The van der Waals surface area contributed by atoms with Gasteiger partial charge in [-0.25, -0.2) is 4.68 Å². The number of aromatic nitrogens is 4. The van der Waals surface area contributed by atoms with Gasteiger partial charge in [-0.15, -0.1) is 0 Å². The van der Waals surface area contributed by atoms with Gasteiger partial charge in [-0.05, 0) is 49.3 Å². The summed E-state index contributed by atoms with van der Waals surface area (Å²) >= 11 is 6.24. The van der Waals surface area contributed by atoms with Gasteiger partial charge in [0.25, 0.3) is 0 Å². The number of carboxylic acids is 1. The Morgan fingerprint density at radius 2 is 1.95 bits per heavy atom. The van der Waals surface area contributed by atoms with E-state index in [2.05, 4.69) is 20.4 Å². The summed E-state index contributed by atoms with van der Waals surface area (Å²) in [6, 6.07) is 12.0. The van der Waals surface area contributed by atoms with E-state index < -0.39 is 24.3 Å². The fourth-order valence-corrected chi connectivity index (χ4v) is 6.80. The summed E-state index contributed by atoms with van der Waals surface area (Å²) in [5.74, 6) is -1.09. The van der Waals surface area contributed by atoms with E-state index in [1.54, 1.807) is 18.3 Å². The van der Waals surface area contributed by atoms with E-state index in [4.69, 9.17) is 22.1 Å². The molecule has 0 radical (unpaired) electrons. The first kappa shape index (κ1) is 29.9. The minimum Gasteiger partial charge on any atom is -0.480 e. The predicted octanol–water partition coefficient (Wildman–Crippen LogP) is 5.55. The number of nitrogen functional groups attached to an aromatic ring is 1. The molecule has 3 atom stereocenters. The number of fused-ring (bicyclic) bond motifs is 1. The van der Waals surface area contributed by atoms with Crippen LogP contribution >= 0.6 is 11.6 Å². The molecule has 2 aromatic carbocycles. The molecule has 2 aliphatic rings. The largest absolute Gasteiger partial charge is 0.480 e. The van der Waals surface area contributed by atoms with Gasteiger partial charge < -0.3 is 25.8 Å². The number of nitrogens with zero attached hydrogens (tertiary/aromatic N) is 5. The molecule has 0 amide bonds. The van der Waals surface area contributed by atoms with Crippen LogP contribution in [0.3, 0.4) is 0 Å². The van der Waals surface area contributed by atoms with Gasteiger partial charge in [-0.3, -0.25) is 4.79 Å². The summed E-state index contributed by atoms with van der Waals surface area (Å²) in [6.07, 6.45) is -2.99. The van der Waals surface area contributed by atoms with E-state index in [0.29, 0.717) is 43.7 Å². The summed E-state index contributed by atoms with van der Waals surface area (Å²) in [4.78, 5) is 21.9. The highest BCUT2D eigenvalue weighted by atomic mass is 35.5. The van der Waals surface area contributed by atoms with Crippen molar-refractivity contribution < 1.29 is 27.8 Å².